The SMILES string of the molecule is O=C1COc2ccc(cc2)C[C@@H](C(=O)N[C@@H](Cc2ccc(O)cc2)C(=O)O)CC(=O)[C@@H](CCc2ccccc2)NC(=O)[C@H](Cc2ccc(-c3ccccc3)cc2)NC(=O)[C@@H](Cc2cccs2)N1. The number of hydrogen-bond donors (Lipinski definition) is 6. The Bertz CT molecular complexity index is 2610. The van der Waals surface area contributed by atoms with Crippen LogP contribution in [0.15, 0.2) is 151 Å². The van der Waals surface area contributed by atoms with Crippen molar-refractivity contribution in [1.82, 2.24) is 21.3 Å². The van der Waals surface area contributed by atoms with Crippen molar-refractivity contribution in [3.05, 3.63) is 178 Å². The van der Waals surface area contributed by atoms with E-state index in [0.717, 1.165) is 27.1 Å². The summed E-state index contributed by atoms with van der Waals surface area (Å²) in [5.74, 6) is -5.01. The molecule has 67 heavy (non-hydrogen) atoms. The summed E-state index contributed by atoms with van der Waals surface area (Å²) in [4.78, 5) is 84.8. The number of hydrogen-bond acceptors (Lipinski definition) is 9. The number of thiophene rings is 1. The number of phenols is 1. The minimum absolute atomic E-state index is 0.00379. The number of ketones is 1. The minimum atomic E-state index is -1.37. The van der Waals surface area contributed by atoms with Gasteiger partial charge in [-0.1, -0.05) is 115 Å². The van der Waals surface area contributed by atoms with Crippen LogP contribution < -0.4 is 26.0 Å². The molecule has 2 bridgehead atoms. The number of benzene rings is 5. The zero-order chi connectivity index (χ0) is 47.1. The first-order valence-electron chi connectivity index (χ1n) is 22.1. The zero-order valence-corrected chi connectivity index (χ0v) is 37.5. The maximum Gasteiger partial charge on any atom is 0.326 e. The Hall–Kier alpha value is -7.58. The molecule has 0 saturated carbocycles. The van der Waals surface area contributed by atoms with Crippen LogP contribution in [0.3, 0.4) is 0 Å². The molecule has 0 fully saturated rings. The van der Waals surface area contributed by atoms with Crippen molar-refractivity contribution < 1.29 is 43.7 Å². The third kappa shape index (κ3) is 14.0. The fraction of sp³-hybridized carbons (Fsp3) is 0.245. The van der Waals surface area contributed by atoms with Crippen molar-refractivity contribution in [3.63, 3.8) is 0 Å². The molecule has 2 aliphatic heterocycles. The Balaban J connectivity index is 1.22. The molecule has 0 saturated heterocycles. The number of phenolic OH excluding ortho intramolecular Hbond substituents is 1. The van der Waals surface area contributed by atoms with Gasteiger partial charge >= 0.3 is 5.97 Å². The molecule has 2 aliphatic rings. The van der Waals surface area contributed by atoms with Gasteiger partial charge in [0.25, 0.3) is 5.91 Å². The average molecular weight is 921 g/mol. The number of nitrogens with one attached hydrogen (secondary N) is 4. The summed E-state index contributed by atoms with van der Waals surface area (Å²) in [7, 11) is 0. The lowest BCUT2D eigenvalue weighted by Crippen LogP contribution is -2.57. The number of fused-ring (bicyclic) bond motifs is 16. The van der Waals surface area contributed by atoms with Crippen molar-refractivity contribution in [2.24, 2.45) is 5.92 Å². The van der Waals surface area contributed by atoms with Gasteiger partial charge in [0, 0.05) is 36.5 Å². The molecule has 0 aliphatic carbocycles. The number of carbonyl (C=O) groups excluding carboxylic acids is 5. The Morgan fingerprint density at radius 2 is 1.28 bits per heavy atom. The van der Waals surface area contributed by atoms with E-state index in [-0.39, 0.29) is 44.3 Å². The van der Waals surface area contributed by atoms with Gasteiger partial charge in [0.2, 0.25) is 17.7 Å². The van der Waals surface area contributed by atoms with Gasteiger partial charge in [-0.2, -0.15) is 0 Å². The Kier molecular flexibility index (Phi) is 16.3. The highest BCUT2D eigenvalue weighted by Gasteiger charge is 2.34. The molecule has 5 aromatic carbocycles. The molecule has 5 atom stereocenters. The zero-order valence-electron chi connectivity index (χ0n) is 36.6. The van der Waals surface area contributed by atoms with E-state index in [2.05, 4.69) is 21.3 Å². The smallest absolute Gasteiger partial charge is 0.326 e. The molecule has 13 nitrogen and oxygen atoms in total. The van der Waals surface area contributed by atoms with Gasteiger partial charge in [0.05, 0.1) is 6.04 Å². The summed E-state index contributed by atoms with van der Waals surface area (Å²) in [6.45, 7) is -0.425. The topological polar surface area (TPSA) is 200 Å². The van der Waals surface area contributed by atoms with Gasteiger partial charge in [-0.3, -0.25) is 24.0 Å². The first kappa shape index (κ1) is 47.4. The van der Waals surface area contributed by atoms with Crippen LogP contribution in [0.1, 0.15) is 40.0 Å². The number of aryl methyl sites for hydroxylation is 1. The third-order valence-corrected chi connectivity index (χ3v) is 12.5. The molecule has 6 N–H and O–H groups in total. The van der Waals surface area contributed by atoms with E-state index >= 15 is 0 Å². The maximum atomic E-state index is 14.7. The lowest BCUT2D eigenvalue weighted by molar-refractivity contribution is -0.142. The highest BCUT2D eigenvalue weighted by atomic mass is 32.1. The van der Waals surface area contributed by atoms with E-state index in [0.29, 0.717) is 23.3 Å². The van der Waals surface area contributed by atoms with E-state index in [4.69, 9.17) is 4.74 Å². The molecule has 0 unspecified atom stereocenters. The lowest BCUT2D eigenvalue weighted by Gasteiger charge is -2.26. The summed E-state index contributed by atoms with van der Waals surface area (Å²) in [5.41, 5.74) is 4.77. The van der Waals surface area contributed by atoms with Crippen molar-refractivity contribution in [3.8, 4) is 22.6 Å². The van der Waals surface area contributed by atoms with Crippen LogP contribution in [0.5, 0.6) is 11.5 Å². The number of carboxylic acids is 1. The minimum Gasteiger partial charge on any atom is -0.508 e. The molecule has 1 aromatic heterocycles. The van der Waals surface area contributed by atoms with Crippen molar-refractivity contribution in [2.45, 2.75) is 69.1 Å². The van der Waals surface area contributed by atoms with Crippen LogP contribution in [0.25, 0.3) is 11.1 Å². The summed E-state index contributed by atoms with van der Waals surface area (Å²) >= 11 is 1.42. The summed E-state index contributed by atoms with van der Waals surface area (Å²) in [6.07, 6.45) is 0.274. The van der Waals surface area contributed by atoms with Crippen molar-refractivity contribution >= 4 is 46.7 Å². The van der Waals surface area contributed by atoms with Crippen molar-refractivity contribution in [1.29, 1.82) is 0 Å². The molecule has 0 radical (unpaired) electrons. The molecule has 0 spiro atoms. The number of carbonyl (C=O) groups is 6. The van der Waals surface area contributed by atoms with Gasteiger partial charge in [-0.25, -0.2) is 4.79 Å². The lowest BCUT2D eigenvalue weighted by atomic mass is 9.89. The molecule has 3 heterocycles. The van der Waals surface area contributed by atoms with Gasteiger partial charge in [-0.15, -0.1) is 11.3 Å². The summed E-state index contributed by atoms with van der Waals surface area (Å²) < 4.78 is 5.81. The molecular formula is C53H52N4O9S. The maximum absolute atomic E-state index is 14.7. The molecule has 8 rings (SSSR count). The van der Waals surface area contributed by atoms with Crippen LogP contribution in [-0.2, 0) is 60.9 Å². The van der Waals surface area contributed by atoms with Gasteiger partial charge in [0.1, 0.15) is 29.6 Å². The van der Waals surface area contributed by atoms with Crippen LogP contribution >= 0.6 is 11.3 Å². The number of amides is 4. The van der Waals surface area contributed by atoms with E-state index in [1.165, 1.54) is 23.5 Å². The third-order valence-electron chi connectivity index (χ3n) is 11.6. The average Bonchev–Trinajstić information content (AvgIpc) is 3.86. The van der Waals surface area contributed by atoms with Crippen LogP contribution in [-0.4, -0.2) is 76.4 Å². The van der Waals surface area contributed by atoms with E-state index < -0.39 is 72.1 Å². The number of ether oxygens (including phenoxy) is 1. The van der Waals surface area contributed by atoms with Crippen molar-refractivity contribution in [2.75, 3.05) is 6.61 Å². The van der Waals surface area contributed by atoms with Crippen LogP contribution in [0.4, 0.5) is 0 Å². The van der Waals surface area contributed by atoms with Gasteiger partial charge in [-0.05, 0) is 88.4 Å². The first-order chi connectivity index (χ1) is 32.4. The molecule has 14 heteroatoms. The molecular weight excluding hydrogens is 869 g/mol. The Morgan fingerprint density at radius 1 is 0.657 bits per heavy atom. The molecule has 4 amide bonds. The summed E-state index contributed by atoms with van der Waals surface area (Å²) in [6, 6.07) is 38.3. The predicted molar refractivity (Wildman–Crippen MR) is 254 cm³/mol. The standard InChI is InChI=1S/C53H52N4O9S/c58-41-22-15-37(16-23-41)30-47(53(64)65)57-50(61)40-28-35-17-24-42(25-18-35)66-33-49(60)54-46(32-43-12-7-27-67-43)52(63)56-45(29-36-13-20-39(21-14-36)38-10-5-2-6-11-38)51(62)55-44(48(59)31-40)26-19-34-8-3-1-4-9-34/h1-18,20-25,27,40,44-47,58H,19,26,28-33H2,(H,54,60)(H,55,62)(H,56,63)(H,57,61)(H,64,65)/t40-,44-,45+,46-,47+/m1/s1. The number of rotatable bonds is 13. The van der Waals surface area contributed by atoms with E-state index in [1.54, 1.807) is 36.4 Å². The normalized spacial score (nSPS) is 18.7. The summed E-state index contributed by atoms with van der Waals surface area (Å²) in [5, 5.41) is 33.1. The fourth-order valence-corrected chi connectivity index (χ4v) is 8.71. The number of Topliss-reactive ketones (excluding diaryl/α,β-unsaturated/α-hetero) is 1. The van der Waals surface area contributed by atoms with Crippen LogP contribution in [0, 0.1) is 5.92 Å². The molecule has 344 valence electrons. The highest BCUT2D eigenvalue weighted by Crippen LogP contribution is 2.23. The van der Waals surface area contributed by atoms with Gasteiger partial charge in [0.15, 0.2) is 12.4 Å². The quantitative estimate of drug-likeness (QED) is 0.0751. The second-order valence-corrected chi connectivity index (χ2v) is 17.6. The van der Waals surface area contributed by atoms with E-state index in [1.807, 2.05) is 102 Å². The van der Waals surface area contributed by atoms with E-state index in [9.17, 15) is 39.0 Å². The number of aliphatic carboxylic acids is 1. The molecule has 6 aromatic rings. The first-order valence-corrected chi connectivity index (χ1v) is 23.0. The largest absolute Gasteiger partial charge is 0.508 e. The van der Waals surface area contributed by atoms with Crippen LogP contribution in [0.2, 0.25) is 0 Å². The number of aromatic hydroxyl groups is 1. The second kappa shape index (κ2) is 23.0. The Labute approximate surface area is 392 Å². The fourth-order valence-electron chi connectivity index (χ4n) is 7.95. The van der Waals surface area contributed by atoms with Gasteiger partial charge < -0.3 is 36.2 Å². The number of carboxylic acid groups (broad SMARTS) is 1. The monoisotopic (exact) mass is 920 g/mol. The predicted octanol–water partition coefficient (Wildman–Crippen LogP) is 6.02. The Morgan fingerprint density at radius 3 is 1.94 bits per heavy atom. The highest BCUT2D eigenvalue weighted by molar-refractivity contribution is 7.09. The second-order valence-electron chi connectivity index (χ2n) is 16.6.